The number of piperidine rings is 1. The van der Waals surface area contributed by atoms with Crippen molar-refractivity contribution in [2.24, 2.45) is 11.8 Å². The van der Waals surface area contributed by atoms with E-state index in [9.17, 15) is 9.59 Å². The third-order valence-corrected chi connectivity index (χ3v) is 4.55. The van der Waals surface area contributed by atoms with Crippen molar-refractivity contribution in [2.45, 2.75) is 33.1 Å². The number of hydrogen-bond donors (Lipinski definition) is 1. The Bertz CT molecular complexity index is 357. The zero-order valence-corrected chi connectivity index (χ0v) is 14.0. The summed E-state index contributed by atoms with van der Waals surface area (Å²) in [5, 5.41) is 3.38. The quantitative estimate of drug-likeness (QED) is 0.827. The predicted octanol–water partition coefficient (Wildman–Crippen LogP) is 1.12. The van der Waals surface area contributed by atoms with Crippen LogP contribution in [0.5, 0.6) is 0 Å². The molecule has 21 heavy (non-hydrogen) atoms. The average Bonchev–Trinajstić information content (AvgIpc) is 2.86. The fraction of sp³-hybridized carbons (Fsp3) is 0.867. The van der Waals surface area contributed by atoms with E-state index in [1.807, 2.05) is 11.8 Å². The van der Waals surface area contributed by atoms with Gasteiger partial charge in [0.05, 0.1) is 5.92 Å². The van der Waals surface area contributed by atoms with Crippen molar-refractivity contribution in [3.8, 4) is 0 Å². The molecular formula is C15H28ClN3O2. The van der Waals surface area contributed by atoms with E-state index in [1.165, 1.54) is 0 Å². The van der Waals surface area contributed by atoms with Crippen LogP contribution in [0, 0.1) is 11.8 Å². The number of amides is 2. The molecule has 2 aliphatic heterocycles. The van der Waals surface area contributed by atoms with Crippen molar-refractivity contribution < 1.29 is 9.59 Å². The van der Waals surface area contributed by atoms with Gasteiger partial charge in [-0.1, -0.05) is 6.92 Å². The first-order valence-electron chi connectivity index (χ1n) is 7.93. The SMILES string of the molecule is CCNCC1CCN(C(=O)C2CC(=O)N(CC)C2)CC1.Cl. The normalized spacial score (nSPS) is 23.3. The number of carbonyl (C=O) groups is 2. The fourth-order valence-electron chi connectivity index (χ4n) is 3.21. The van der Waals surface area contributed by atoms with E-state index in [1.54, 1.807) is 4.90 Å². The highest BCUT2D eigenvalue weighted by atomic mass is 35.5. The lowest BCUT2D eigenvalue weighted by Crippen LogP contribution is -2.44. The molecule has 122 valence electrons. The van der Waals surface area contributed by atoms with Crippen LogP contribution in [0.1, 0.15) is 33.1 Å². The smallest absolute Gasteiger partial charge is 0.227 e. The summed E-state index contributed by atoms with van der Waals surface area (Å²) in [4.78, 5) is 27.9. The molecule has 2 aliphatic rings. The Labute approximate surface area is 133 Å². The fourth-order valence-corrected chi connectivity index (χ4v) is 3.21. The highest BCUT2D eigenvalue weighted by Gasteiger charge is 2.36. The molecule has 2 fully saturated rings. The molecule has 2 rings (SSSR count). The van der Waals surface area contributed by atoms with E-state index in [2.05, 4.69) is 12.2 Å². The van der Waals surface area contributed by atoms with Gasteiger partial charge >= 0.3 is 0 Å². The first-order valence-corrected chi connectivity index (χ1v) is 7.93. The van der Waals surface area contributed by atoms with Crippen molar-refractivity contribution >= 4 is 24.2 Å². The second-order valence-corrected chi connectivity index (χ2v) is 5.91. The summed E-state index contributed by atoms with van der Waals surface area (Å²) in [6.45, 7) is 9.20. The maximum Gasteiger partial charge on any atom is 0.227 e. The zero-order chi connectivity index (χ0) is 14.5. The minimum Gasteiger partial charge on any atom is -0.342 e. The summed E-state index contributed by atoms with van der Waals surface area (Å²) in [5.41, 5.74) is 0. The average molecular weight is 318 g/mol. The van der Waals surface area contributed by atoms with Crippen LogP contribution in [-0.4, -0.2) is 60.9 Å². The largest absolute Gasteiger partial charge is 0.342 e. The molecule has 5 nitrogen and oxygen atoms in total. The highest BCUT2D eigenvalue weighted by molar-refractivity contribution is 5.89. The molecule has 2 amide bonds. The highest BCUT2D eigenvalue weighted by Crippen LogP contribution is 2.23. The van der Waals surface area contributed by atoms with Crippen molar-refractivity contribution in [3.63, 3.8) is 0 Å². The molecule has 0 aromatic carbocycles. The third-order valence-electron chi connectivity index (χ3n) is 4.55. The van der Waals surface area contributed by atoms with Gasteiger partial charge < -0.3 is 15.1 Å². The van der Waals surface area contributed by atoms with E-state index in [-0.39, 0.29) is 30.1 Å². The molecule has 1 unspecified atom stereocenters. The van der Waals surface area contributed by atoms with Crippen LogP contribution in [0.25, 0.3) is 0 Å². The summed E-state index contributed by atoms with van der Waals surface area (Å²) in [5.74, 6) is 0.910. The number of rotatable bonds is 5. The maximum absolute atomic E-state index is 12.5. The third kappa shape index (κ3) is 4.58. The lowest BCUT2D eigenvalue weighted by molar-refractivity contribution is -0.137. The van der Waals surface area contributed by atoms with Gasteiger partial charge in [0.1, 0.15) is 0 Å². The van der Waals surface area contributed by atoms with Gasteiger partial charge in [-0.2, -0.15) is 0 Å². The zero-order valence-electron chi connectivity index (χ0n) is 13.1. The van der Waals surface area contributed by atoms with Crippen molar-refractivity contribution in [1.29, 1.82) is 0 Å². The van der Waals surface area contributed by atoms with E-state index in [4.69, 9.17) is 0 Å². The van der Waals surface area contributed by atoms with Crippen LogP contribution in [0.2, 0.25) is 0 Å². The number of hydrogen-bond acceptors (Lipinski definition) is 3. The van der Waals surface area contributed by atoms with Crippen molar-refractivity contribution in [1.82, 2.24) is 15.1 Å². The Morgan fingerprint density at radius 3 is 2.48 bits per heavy atom. The summed E-state index contributed by atoms with van der Waals surface area (Å²) in [7, 11) is 0. The first-order chi connectivity index (χ1) is 9.65. The van der Waals surface area contributed by atoms with Crippen LogP contribution < -0.4 is 5.32 Å². The molecule has 0 radical (unpaired) electrons. The first kappa shape index (κ1) is 18.2. The number of carbonyl (C=O) groups excluding carboxylic acids is 2. The van der Waals surface area contributed by atoms with Gasteiger partial charge in [-0.3, -0.25) is 9.59 Å². The molecule has 1 N–H and O–H groups in total. The van der Waals surface area contributed by atoms with Gasteiger partial charge in [0.25, 0.3) is 0 Å². The Morgan fingerprint density at radius 1 is 1.29 bits per heavy atom. The number of likely N-dealkylation sites (tertiary alicyclic amines) is 2. The number of halogens is 1. The summed E-state index contributed by atoms with van der Waals surface area (Å²) >= 11 is 0. The topological polar surface area (TPSA) is 52.7 Å². The molecule has 2 saturated heterocycles. The monoisotopic (exact) mass is 317 g/mol. The van der Waals surface area contributed by atoms with E-state index in [0.29, 0.717) is 25.4 Å². The van der Waals surface area contributed by atoms with Crippen LogP contribution in [0.4, 0.5) is 0 Å². The predicted molar refractivity (Wildman–Crippen MR) is 85.5 cm³/mol. The lowest BCUT2D eigenvalue weighted by Gasteiger charge is -2.33. The summed E-state index contributed by atoms with van der Waals surface area (Å²) < 4.78 is 0. The van der Waals surface area contributed by atoms with Gasteiger partial charge in [0, 0.05) is 32.6 Å². The minimum absolute atomic E-state index is 0. The van der Waals surface area contributed by atoms with Gasteiger partial charge in [0.2, 0.25) is 11.8 Å². The van der Waals surface area contributed by atoms with Crippen LogP contribution >= 0.6 is 12.4 Å². The molecule has 1 atom stereocenters. The molecule has 2 heterocycles. The van der Waals surface area contributed by atoms with E-state index >= 15 is 0 Å². The van der Waals surface area contributed by atoms with E-state index in [0.717, 1.165) is 39.0 Å². The van der Waals surface area contributed by atoms with Crippen LogP contribution in [0.3, 0.4) is 0 Å². The molecule has 0 bridgehead atoms. The van der Waals surface area contributed by atoms with Gasteiger partial charge in [0.15, 0.2) is 0 Å². The molecule has 0 aromatic heterocycles. The van der Waals surface area contributed by atoms with Gasteiger partial charge in [-0.05, 0) is 38.8 Å². The Kier molecular flexibility index (Phi) is 7.46. The minimum atomic E-state index is -0.104. The summed E-state index contributed by atoms with van der Waals surface area (Å²) in [6, 6.07) is 0. The summed E-state index contributed by atoms with van der Waals surface area (Å²) in [6.07, 6.45) is 2.57. The van der Waals surface area contributed by atoms with E-state index < -0.39 is 0 Å². The molecule has 0 aromatic rings. The molecule has 0 spiro atoms. The number of nitrogens with one attached hydrogen (secondary N) is 1. The molecule has 0 aliphatic carbocycles. The van der Waals surface area contributed by atoms with Crippen LogP contribution in [-0.2, 0) is 9.59 Å². The second kappa shape index (κ2) is 8.59. The standard InChI is InChI=1S/C15H27N3O2.ClH/c1-3-16-10-12-5-7-18(8-6-12)15(20)13-9-14(19)17(4-2)11-13;/h12-13,16H,3-11H2,1-2H3;1H. The second-order valence-electron chi connectivity index (χ2n) is 5.91. The Hall–Kier alpha value is -0.810. The van der Waals surface area contributed by atoms with Crippen molar-refractivity contribution in [3.05, 3.63) is 0 Å². The maximum atomic E-state index is 12.5. The molecule has 6 heteroatoms. The van der Waals surface area contributed by atoms with Gasteiger partial charge in [-0.15, -0.1) is 12.4 Å². The lowest BCUT2D eigenvalue weighted by atomic mass is 9.95. The molecular weight excluding hydrogens is 290 g/mol. The van der Waals surface area contributed by atoms with Crippen LogP contribution in [0.15, 0.2) is 0 Å². The Morgan fingerprint density at radius 2 is 1.95 bits per heavy atom. The number of nitrogens with zero attached hydrogens (tertiary/aromatic N) is 2. The molecule has 0 saturated carbocycles. The van der Waals surface area contributed by atoms with Gasteiger partial charge in [-0.25, -0.2) is 0 Å². The Balaban J connectivity index is 0.00000220. The van der Waals surface area contributed by atoms with Crippen molar-refractivity contribution in [2.75, 3.05) is 39.3 Å².